The van der Waals surface area contributed by atoms with Crippen LogP contribution in [0, 0.1) is 0 Å². The molecule has 2 aromatic carbocycles. The topological polar surface area (TPSA) is 77.1 Å². The van der Waals surface area contributed by atoms with Gasteiger partial charge < -0.3 is 19.5 Å². The summed E-state index contributed by atoms with van der Waals surface area (Å²) in [6, 6.07) is 11.8. The van der Waals surface area contributed by atoms with Gasteiger partial charge in [0.1, 0.15) is 11.3 Å². The van der Waals surface area contributed by atoms with Crippen LogP contribution < -0.4 is 19.5 Å². The number of carbonyl (C=O) groups excluding carboxylic acids is 2. The molecule has 4 rings (SSSR count). The van der Waals surface area contributed by atoms with Gasteiger partial charge >= 0.3 is 6.03 Å². The first-order valence-electron chi connectivity index (χ1n) is 8.90. The number of hydrogen-bond acceptors (Lipinski definition) is 5. The van der Waals surface area contributed by atoms with Crippen LogP contribution >= 0.6 is 11.6 Å². The largest absolute Gasteiger partial charge is 0.494 e. The van der Waals surface area contributed by atoms with E-state index in [9.17, 15) is 9.59 Å². The summed E-state index contributed by atoms with van der Waals surface area (Å²) in [7, 11) is 0. The lowest BCUT2D eigenvalue weighted by atomic mass is 9.91. The van der Waals surface area contributed by atoms with Crippen LogP contribution in [-0.2, 0) is 10.3 Å². The van der Waals surface area contributed by atoms with Gasteiger partial charge in [-0.25, -0.2) is 4.79 Å². The van der Waals surface area contributed by atoms with Crippen LogP contribution in [0.5, 0.6) is 17.2 Å². The molecule has 1 atom stereocenters. The van der Waals surface area contributed by atoms with Crippen LogP contribution in [0.15, 0.2) is 42.5 Å². The van der Waals surface area contributed by atoms with E-state index in [1.165, 1.54) is 4.90 Å². The van der Waals surface area contributed by atoms with Crippen molar-refractivity contribution in [3.8, 4) is 17.2 Å². The van der Waals surface area contributed by atoms with Gasteiger partial charge in [-0.1, -0.05) is 17.7 Å². The maximum Gasteiger partial charge on any atom is 0.325 e. The van der Waals surface area contributed by atoms with Crippen molar-refractivity contribution in [2.75, 3.05) is 19.9 Å². The number of ether oxygens (including phenoxy) is 3. The van der Waals surface area contributed by atoms with Crippen molar-refractivity contribution in [3.05, 3.63) is 53.1 Å². The van der Waals surface area contributed by atoms with Crippen molar-refractivity contribution in [1.29, 1.82) is 0 Å². The summed E-state index contributed by atoms with van der Waals surface area (Å²) in [6.45, 7) is 2.47. The second-order valence-corrected chi connectivity index (χ2v) is 7.17. The number of nitrogens with one attached hydrogen (secondary N) is 1. The molecule has 3 amide bonds. The highest BCUT2D eigenvalue weighted by atomic mass is 35.5. The van der Waals surface area contributed by atoms with Gasteiger partial charge in [0.05, 0.1) is 6.61 Å². The predicted octanol–water partition coefficient (Wildman–Crippen LogP) is 3.30. The van der Waals surface area contributed by atoms with E-state index in [0.29, 0.717) is 40.9 Å². The van der Waals surface area contributed by atoms with E-state index in [2.05, 4.69) is 5.32 Å². The molecule has 2 aromatic rings. The summed E-state index contributed by atoms with van der Waals surface area (Å²) >= 11 is 5.84. The van der Waals surface area contributed by atoms with Crippen LogP contribution in [0.2, 0.25) is 5.02 Å². The molecule has 0 unspecified atom stereocenters. The number of imide groups is 1. The molecule has 28 heavy (non-hydrogen) atoms. The Labute approximate surface area is 167 Å². The van der Waals surface area contributed by atoms with E-state index >= 15 is 0 Å². The van der Waals surface area contributed by atoms with Gasteiger partial charge in [-0.3, -0.25) is 9.69 Å². The molecule has 8 heteroatoms. The number of hydrogen-bond donors (Lipinski definition) is 1. The lowest BCUT2D eigenvalue weighted by Crippen LogP contribution is -2.41. The Kier molecular flexibility index (Phi) is 4.77. The average molecular weight is 403 g/mol. The third-order valence-corrected chi connectivity index (χ3v) is 5.09. The average Bonchev–Trinajstić information content (AvgIpc) is 3.24. The van der Waals surface area contributed by atoms with Crippen molar-refractivity contribution >= 4 is 23.5 Å². The molecule has 0 aliphatic carbocycles. The van der Waals surface area contributed by atoms with E-state index in [4.69, 9.17) is 25.8 Å². The van der Waals surface area contributed by atoms with Crippen molar-refractivity contribution in [2.24, 2.45) is 0 Å². The van der Waals surface area contributed by atoms with Crippen molar-refractivity contribution in [2.45, 2.75) is 18.9 Å². The first-order chi connectivity index (χ1) is 13.5. The summed E-state index contributed by atoms with van der Waals surface area (Å²) < 4.78 is 16.3. The highest BCUT2D eigenvalue weighted by molar-refractivity contribution is 6.30. The molecule has 0 bridgehead atoms. The van der Waals surface area contributed by atoms with Crippen LogP contribution in [0.3, 0.4) is 0 Å². The van der Waals surface area contributed by atoms with Gasteiger partial charge in [0.15, 0.2) is 11.5 Å². The van der Waals surface area contributed by atoms with Gasteiger partial charge in [0.25, 0.3) is 5.91 Å². The van der Waals surface area contributed by atoms with E-state index < -0.39 is 11.6 Å². The maximum absolute atomic E-state index is 13.0. The van der Waals surface area contributed by atoms with Crippen molar-refractivity contribution < 1.29 is 23.8 Å². The SMILES string of the molecule is C[C@@]1(c2ccc3c(c2)OCO3)NC(=O)N(CCCOc2ccc(Cl)cc2)C1=O. The molecule has 2 heterocycles. The second kappa shape index (κ2) is 7.24. The number of urea groups is 1. The highest BCUT2D eigenvalue weighted by Crippen LogP contribution is 2.37. The van der Waals surface area contributed by atoms with E-state index in [1.807, 2.05) is 0 Å². The van der Waals surface area contributed by atoms with E-state index in [-0.39, 0.29) is 19.2 Å². The fourth-order valence-electron chi connectivity index (χ4n) is 3.25. The third kappa shape index (κ3) is 3.33. The smallest absolute Gasteiger partial charge is 0.325 e. The maximum atomic E-state index is 13.0. The summed E-state index contributed by atoms with van der Waals surface area (Å²) in [6.07, 6.45) is 0.513. The Morgan fingerprint density at radius 1 is 1.14 bits per heavy atom. The zero-order valence-electron chi connectivity index (χ0n) is 15.2. The molecule has 0 radical (unpaired) electrons. The summed E-state index contributed by atoms with van der Waals surface area (Å²) in [4.78, 5) is 26.6. The molecule has 2 aliphatic heterocycles. The van der Waals surface area contributed by atoms with Gasteiger partial charge in [0, 0.05) is 11.6 Å². The molecule has 1 N–H and O–H groups in total. The number of benzene rings is 2. The molecule has 146 valence electrons. The first-order valence-corrected chi connectivity index (χ1v) is 9.28. The number of halogens is 1. The van der Waals surface area contributed by atoms with Crippen molar-refractivity contribution in [1.82, 2.24) is 10.2 Å². The minimum Gasteiger partial charge on any atom is -0.494 e. The van der Waals surface area contributed by atoms with Crippen LogP contribution in [-0.4, -0.2) is 36.8 Å². The monoisotopic (exact) mass is 402 g/mol. The Hall–Kier alpha value is -2.93. The Balaban J connectivity index is 1.38. The highest BCUT2D eigenvalue weighted by Gasteiger charge is 2.49. The molecular formula is C20H19ClN2O5. The summed E-state index contributed by atoms with van der Waals surface area (Å²) in [5.41, 5.74) is -0.496. The van der Waals surface area contributed by atoms with Crippen LogP contribution in [0.4, 0.5) is 4.79 Å². The number of carbonyl (C=O) groups is 2. The number of nitrogens with zero attached hydrogens (tertiary/aromatic N) is 1. The second-order valence-electron chi connectivity index (χ2n) is 6.74. The van der Waals surface area contributed by atoms with Crippen LogP contribution in [0.1, 0.15) is 18.9 Å². The van der Waals surface area contributed by atoms with Gasteiger partial charge in [-0.05, 0) is 55.3 Å². The lowest BCUT2D eigenvalue weighted by molar-refractivity contribution is -0.131. The molecular weight excluding hydrogens is 384 g/mol. The van der Waals surface area contributed by atoms with E-state index in [0.717, 1.165) is 0 Å². The fraction of sp³-hybridized carbons (Fsp3) is 0.300. The molecule has 1 saturated heterocycles. The Morgan fingerprint density at radius 2 is 1.89 bits per heavy atom. The minimum absolute atomic E-state index is 0.148. The lowest BCUT2D eigenvalue weighted by Gasteiger charge is -2.22. The third-order valence-electron chi connectivity index (χ3n) is 4.83. The zero-order valence-corrected chi connectivity index (χ0v) is 16.0. The molecule has 0 spiro atoms. The normalized spacial score (nSPS) is 20.4. The number of amides is 3. The standard InChI is InChI=1S/C20H19ClN2O5/c1-20(13-3-8-16-17(11-13)28-12-27-16)18(24)23(19(25)22-20)9-2-10-26-15-6-4-14(21)5-7-15/h3-8,11H,2,9-10,12H2,1H3,(H,22,25)/t20-/m0/s1. The molecule has 1 fully saturated rings. The first kappa shape index (κ1) is 18.4. The Bertz CT molecular complexity index is 917. The van der Waals surface area contributed by atoms with Crippen LogP contribution in [0.25, 0.3) is 0 Å². The van der Waals surface area contributed by atoms with Gasteiger partial charge in [-0.15, -0.1) is 0 Å². The van der Waals surface area contributed by atoms with E-state index in [1.54, 1.807) is 49.4 Å². The Morgan fingerprint density at radius 3 is 2.68 bits per heavy atom. The zero-order chi connectivity index (χ0) is 19.7. The van der Waals surface area contributed by atoms with Gasteiger partial charge in [0.2, 0.25) is 6.79 Å². The fourth-order valence-corrected chi connectivity index (χ4v) is 3.37. The summed E-state index contributed by atoms with van der Waals surface area (Å²) in [5, 5.41) is 3.42. The predicted molar refractivity (Wildman–Crippen MR) is 102 cm³/mol. The van der Waals surface area contributed by atoms with Gasteiger partial charge in [-0.2, -0.15) is 0 Å². The number of fused-ring (bicyclic) bond motifs is 1. The molecule has 0 saturated carbocycles. The summed E-state index contributed by atoms with van der Waals surface area (Å²) in [5.74, 6) is 1.57. The quantitative estimate of drug-likeness (QED) is 0.592. The molecule has 2 aliphatic rings. The minimum atomic E-state index is -1.14. The molecule has 0 aromatic heterocycles. The molecule has 7 nitrogen and oxygen atoms in total. The van der Waals surface area contributed by atoms with Crippen molar-refractivity contribution in [3.63, 3.8) is 0 Å². The number of rotatable bonds is 6.